The first kappa shape index (κ1) is 16.1. The second-order valence-electron chi connectivity index (χ2n) is 4.28. The van der Waals surface area contributed by atoms with Crippen LogP contribution >= 0.6 is 27.5 Å². The van der Waals surface area contributed by atoms with E-state index in [9.17, 15) is 17.6 Å². The molecule has 2 aromatic carbocycles. The lowest BCUT2D eigenvalue weighted by Crippen LogP contribution is -2.07. The molecule has 112 valence electrons. The first-order valence-corrected chi connectivity index (χ1v) is 6.99. The molecule has 0 aliphatic carbocycles. The Balaban J connectivity index is 2.17. The summed E-state index contributed by atoms with van der Waals surface area (Å²) < 4.78 is 51.7. The summed E-state index contributed by atoms with van der Waals surface area (Å²) in [4.78, 5) is 0. The number of rotatable bonds is 3. The van der Waals surface area contributed by atoms with Crippen molar-refractivity contribution in [2.45, 2.75) is 12.7 Å². The Bertz CT molecular complexity index is 658. The normalized spacial score (nSPS) is 11.5. The van der Waals surface area contributed by atoms with Crippen LogP contribution in [0.1, 0.15) is 11.1 Å². The van der Waals surface area contributed by atoms with Gasteiger partial charge in [-0.2, -0.15) is 13.2 Å². The van der Waals surface area contributed by atoms with Crippen molar-refractivity contribution in [3.8, 4) is 0 Å². The van der Waals surface area contributed by atoms with Gasteiger partial charge in [-0.25, -0.2) is 4.39 Å². The Morgan fingerprint density at radius 1 is 1.10 bits per heavy atom. The summed E-state index contributed by atoms with van der Waals surface area (Å²) in [5.41, 5.74) is 0.107. The van der Waals surface area contributed by atoms with Gasteiger partial charge < -0.3 is 5.32 Å². The third kappa shape index (κ3) is 4.11. The molecule has 0 saturated heterocycles. The first-order valence-electron chi connectivity index (χ1n) is 5.82. The van der Waals surface area contributed by atoms with Gasteiger partial charge in [-0.1, -0.05) is 33.6 Å². The fourth-order valence-corrected chi connectivity index (χ4v) is 2.43. The molecule has 21 heavy (non-hydrogen) atoms. The van der Waals surface area contributed by atoms with Crippen LogP contribution in [0.2, 0.25) is 5.02 Å². The molecular formula is C14H9BrClF4N. The summed E-state index contributed by atoms with van der Waals surface area (Å²) in [6, 6.07) is 7.71. The highest BCUT2D eigenvalue weighted by molar-refractivity contribution is 9.10. The smallest absolute Gasteiger partial charge is 0.381 e. The van der Waals surface area contributed by atoms with Crippen LogP contribution in [0, 0.1) is 5.82 Å². The van der Waals surface area contributed by atoms with Gasteiger partial charge in [0.1, 0.15) is 5.82 Å². The third-order valence-corrected chi connectivity index (χ3v) is 3.84. The third-order valence-electron chi connectivity index (χ3n) is 2.77. The molecule has 0 spiro atoms. The number of alkyl halides is 3. The van der Waals surface area contributed by atoms with Crippen molar-refractivity contribution >= 4 is 33.2 Å². The van der Waals surface area contributed by atoms with E-state index in [0.717, 1.165) is 11.6 Å². The average molecular weight is 383 g/mol. The van der Waals surface area contributed by atoms with Gasteiger partial charge in [0.05, 0.1) is 10.6 Å². The van der Waals surface area contributed by atoms with E-state index in [0.29, 0.717) is 4.47 Å². The Kier molecular flexibility index (Phi) is 4.78. The highest BCUT2D eigenvalue weighted by atomic mass is 79.9. The summed E-state index contributed by atoms with van der Waals surface area (Å²) in [6.45, 7) is 0.250. The van der Waals surface area contributed by atoms with E-state index in [1.54, 1.807) is 6.07 Å². The summed E-state index contributed by atoms with van der Waals surface area (Å²) in [6.07, 6.45) is -4.51. The summed E-state index contributed by atoms with van der Waals surface area (Å²) in [5.74, 6) is -0.392. The van der Waals surface area contributed by atoms with Crippen molar-refractivity contribution < 1.29 is 17.6 Å². The Morgan fingerprint density at radius 3 is 2.43 bits per heavy atom. The second-order valence-corrected chi connectivity index (χ2v) is 5.54. The van der Waals surface area contributed by atoms with E-state index in [1.165, 1.54) is 24.3 Å². The second kappa shape index (κ2) is 6.23. The maximum atomic E-state index is 12.9. The minimum absolute atomic E-state index is 0.250. The van der Waals surface area contributed by atoms with Crippen LogP contribution in [0.25, 0.3) is 0 Å². The van der Waals surface area contributed by atoms with E-state index in [4.69, 9.17) is 11.6 Å². The molecule has 0 amide bonds. The number of anilines is 1. The van der Waals surface area contributed by atoms with E-state index >= 15 is 0 Å². The summed E-state index contributed by atoms with van der Waals surface area (Å²) in [5, 5.41) is 2.50. The molecule has 0 atom stereocenters. The molecule has 0 bridgehead atoms. The number of hydrogen-bond acceptors (Lipinski definition) is 1. The molecule has 2 aromatic rings. The van der Waals surface area contributed by atoms with E-state index in [-0.39, 0.29) is 17.3 Å². The molecule has 0 radical (unpaired) electrons. The maximum Gasteiger partial charge on any atom is 0.417 e. The van der Waals surface area contributed by atoms with Crippen molar-refractivity contribution in [2.24, 2.45) is 0 Å². The van der Waals surface area contributed by atoms with Crippen molar-refractivity contribution in [1.82, 2.24) is 0 Å². The molecule has 1 nitrogen and oxygen atoms in total. The summed E-state index contributed by atoms with van der Waals surface area (Å²) >= 11 is 8.74. The molecule has 0 aromatic heterocycles. The zero-order chi connectivity index (χ0) is 15.6. The molecule has 0 saturated carbocycles. The monoisotopic (exact) mass is 381 g/mol. The van der Waals surface area contributed by atoms with Crippen LogP contribution in [0.5, 0.6) is 0 Å². The Morgan fingerprint density at radius 2 is 1.81 bits per heavy atom. The van der Waals surface area contributed by atoms with Gasteiger partial charge in [0.25, 0.3) is 0 Å². The number of halogens is 6. The van der Waals surface area contributed by atoms with Crippen LogP contribution in [0.3, 0.4) is 0 Å². The van der Waals surface area contributed by atoms with E-state index in [1.807, 2.05) is 0 Å². The van der Waals surface area contributed by atoms with Gasteiger partial charge in [0.2, 0.25) is 0 Å². The molecule has 1 N–H and O–H groups in total. The van der Waals surface area contributed by atoms with Gasteiger partial charge in [0.15, 0.2) is 0 Å². The van der Waals surface area contributed by atoms with Gasteiger partial charge in [0, 0.05) is 16.7 Å². The molecule has 0 aliphatic rings. The lowest BCUT2D eigenvalue weighted by atomic mass is 10.1. The largest absolute Gasteiger partial charge is 0.417 e. The number of hydrogen-bond donors (Lipinski definition) is 1. The van der Waals surface area contributed by atoms with Crippen molar-refractivity contribution in [3.63, 3.8) is 0 Å². The zero-order valence-corrected chi connectivity index (χ0v) is 12.8. The highest BCUT2D eigenvalue weighted by Gasteiger charge is 2.33. The average Bonchev–Trinajstić information content (AvgIpc) is 2.38. The molecule has 0 aliphatic heterocycles. The highest BCUT2D eigenvalue weighted by Crippen LogP contribution is 2.36. The van der Waals surface area contributed by atoms with Crippen LogP contribution < -0.4 is 5.32 Å². The maximum absolute atomic E-state index is 12.9. The lowest BCUT2D eigenvalue weighted by Gasteiger charge is -2.13. The quantitative estimate of drug-likeness (QED) is 0.654. The number of benzene rings is 2. The lowest BCUT2D eigenvalue weighted by molar-refractivity contribution is -0.137. The van der Waals surface area contributed by atoms with E-state index < -0.39 is 17.6 Å². The van der Waals surface area contributed by atoms with Crippen molar-refractivity contribution in [1.29, 1.82) is 0 Å². The SMILES string of the molecule is Fc1ccc(CNc2ccc(Cl)c(C(F)(F)F)c2)c(Br)c1. The Labute approximate surface area is 132 Å². The van der Waals surface area contributed by atoms with Crippen LogP contribution in [0.4, 0.5) is 23.2 Å². The van der Waals surface area contributed by atoms with Crippen LogP contribution in [-0.2, 0) is 12.7 Å². The number of nitrogens with one attached hydrogen (secondary N) is 1. The standard InChI is InChI=1S/C14H9BrClF4N/c15-12-5-9(17)2-1-8(12)7-21-10-3-4-13(16)11(6-10)14(18,19)20/h1-6,21H,7H2. The van der Waals surface area contributed by atoms with Crippen LogP contribution in [-0.4, -0.2) is 0 Å². The van der Waals surface area contributed by atoms with Crippen molar-refractivity contribution in [2.75, 3.05) is 5.32 Å². The molecule has 0 fully saturated rings. The topological polar surface area (TPSA) is 12.0 Å². The fraction of sp³-hybridized carbons (Fsp3) is 0.143. The minimum atomic E-state index is -4.51. The molecule has 7 heteroatoms. The van der Waals surface area contributed by atoms with Gasteiger partial charge >= 0.3 is 6.18 Å². The Hall–Kier alpha value is -1.27. The molecule has 0 heterocycles. The van der Waals surface area contributed by atoms with Crippen LogP contribution in [0.15, 0.2) is 40.9 Å². The van der Waals surface area contributed by atoms with Gasteiger partial charge in [-0.3, -0.25) is 0 Å². The fourth-order valence-electron chi connectivity index (χ4n) is 1.71. The van der Waals surface area contributed by atoms with Crippen molar-refractivity contribution in [3.05, 3.63) is 62.8 Å². The summed E-state index contributed by atoms with van der Waals surface area (Å²) in [7, 11) is 0. The van der Waals surface area contributed by atoms with E-state index in [2.05, 4.69) is 21.2 Å². The predicted molar refractivity (Wildman–Crippen MR) is 77.9 cm³/mol. The van der Waals surface area contributed by atoms with Gasteiger partial charge in [-0.15, -0.1) is 0 Å². The van der Waals surface area contributed by atoms with Gasteiger partial charge in [-0.05, 0) is 35.9 Å². The molecular weight excluding hydrogens is 374 g/mol. The first-order chi connectivity index (χ1) is 9.77. The molecule has 0 unspecified atom stereocenters. The predicted octanol–water partition coefficient (Wildman–Crippen LogP) is 5.87. The minimum Gasteiger partial charge on any atom is -0.381 e. The zero-order valence-electron chi connectivity index (χ0n) is 10.4. The molecule has 2 rings (SSSR count).